The van der Waals surface area contributed by atoms with Crippen molar-refractivity contribution in [3.63, 3.8) is 0 Å². The number of aliphatic imine (C=N–C) groups is 1. The highest BCUT2D eigenvalue weighted by Gasteiger charge is 2.17. The van der Waals surface area contributed by atoms with Gasteiger partial charge >= 0.3 is 0 Å². The normalized spacial score (nSPS) is 18.9. The summed E-state index contributed by atoms with van der Waals surface area (Å²) in [5, 5.41) is 0. The Morgan fingerprint density at radius 3 is 2.30 bits per heavy atom. The third-order valence-electron chi connectivity index (χ3n) is 1.73. The molecule has 10 heavy (non-hydrogen) atoms. The molecule has 0 radical (unpaired) electrons. The van der Waals surface area contributed by atoms with Crippen molar-refractivity contribution in [2.45, 2.75) is 27.2 Å². The smallest absolute Gasteiger partial charge is 0.0570 e. The molecule has 0 N–H and O–H groups in total. The Hall–Kier alpha value is -0.590. The van der Waals surface area contributed by atoms with E-state index < -0.39 is 0 Å². The van der Waals surface area contributed by atoms with Crippen LogP contribution in [0.25, 0.3) is 0 Å². The van der Waals surface area contributed by atoms with Gasteiger partial charge in [0.15, 0.2) is 0 Å². The maximum atomic E-state index is 4.43. The van der Waals surface area contributed by atoms with E-state index in [9.17, 15) is 0 Å². The van der Waals surface area contributed by atoms with Gasteiger partial charge in [-0.2, -0.15) is 0 Å². The van der Waals surface area contributed by atoms with Crippen LogP contribution in [0, 0.1) is 5.41 Å². The number of dihydropyridines is 1. The van der Waals surface area contributed by atoms with Crippen LogP contribution in [0.15, 0.2) is 17.1 Å². The molecule has 0 aromatic carbocycles. The summed E-state index contributed by atoms with van der Waals surface area (Å²) in [6, 6.07) is 0. The average molecular weight is 137 g/mol. The molecule has 0 fully saturated rings. The second kappa shape index (κ2) is 2.57. The van der Waals surface area contributed by atoms with Crippen LogP contribution in [0.1, 0.15) is 27.2 Å². The van der Waals surface area contributed by atoms with E-state index in [1.54, 1.807) is 0 Å². The van der Waals surface area contributed by atoms with Gasteiger partial charge in [-0.25, -0.2) is 0 Å². The van der Waals surface area contributed by atoms with E-state index >= 15 is 0 Å². The van der Waals surface area contributed by atoms with Gasteiger partial charge in [-0.15, -0.1) is 0 Å². The van der Waals surface area contributed by atoms with Crippen molar-refractivity contribution in [1.82, 2.24) is 0 Å². The first-order valence-electron chi connectivity index (χ1n) is 3.79. The lowest BCUT2D eigenvalue weighted by Gasteiger charge is -2.21. The summed E-state index contributed by atoms with van der Waals surface area (Å²) in [4.78, 5) is 4.43. The fourth-order valence-corrected chi connectivity index (χ4v) is 1.04. The highest BCUT2D eigenvalue weighted by atomic mass is 14.7. The zero-order valence-corrected chi connectivity index (χ0v) is 7.02. The molecule has 1 nitrogen and oxygen atoms in total. The first-order valence-corrected chi connectivity index (χ1v) is 3.79. The summed E-state index contributed by atoms with van der Waals surface area (Å²) in [6.45, 7) is 7.52. The van der Waals surface area contributed by atoms with Crippen molar-refractivity contribution in [1.29, 1.82) is 0 Å². The molecule has 1 aliphatic rings. The Morgan fingerprint density at radius 1 is 1.30 bits per heavy atom. The molecule has 0 aromatic heterocycles. The number of hydrogen-bond acceptors (Lipinski definition) is 1. The van der Waals surface area contributed by atoms with Crippen LogP contribution in [-0.2, 0) is 0 Å². The lowest BCUT2D eigenvalue weighted by Crippen LogP contribution is -2.21. The van der Waals surface area contributed by atoms with Crippen LogP contribution in [0.4, 0.5) is 0 Å². The quantitative estimate of drug-likeness (QED) is 0.455. The van der Waals surface area contributed by atoms with Crippen LogP contribution in [0.5, 0.6) is 0 Å². The van der Waals surface area contributed by atoms with Gasteiger partial charge < -0.3 is 0 Å². The van der Waals surface area contributed by atoms with Crippen LogP contribution in [0.2, 0.25) is 0 Å². The summed E-state index contributed by atoms with van der Waals surface area (Å²) < 4.78 is 0. The summed E-state index contributed by atoms with van der Waals surface area (Å²) >= 11 is 0. The maximum absolute atomic E-state index is 4.43. The van der Waals surface area contributed by atoms with Gasteiger partial charge in [0, 0.05) is 17.5 Å². The summed E-state index contributed by atoms with van der Waals surface area (Å²) in [6.07, 6.45) is 5.37. The van der Waals surface area contributed by atoms with E-state index in [0.29, 0.717) is 0 Å². The van der Waals surface area contributed by atoms with Crippen molar-refractivity contribution in [3.05, 3.63) is 12.2 Å². The molecular weight excluding hydrogens is 122 g/mol. The van der Waals surface area contributed by atoms with Crippen molar-refractivity contribution in [2.24, 2.45) is 10.4 Å². The molecule has 0 spiro atoms. The van der Waals surface area contributed by atoms with Crippen molar-refractivity contribution in [3.8, 4) is 0 Å². The average Bonchev–Trinajstić information content (AvgIpc) is 1.88. The van der Waals surface area contributed by atoms with Crippen molar-refractivity contribution < 1.29 is 0 Å². The van der Waals surface area contributed by atoms with Gasteiger partial charge in [0.25, 0.3) is 0 Å². The minimum Gasteiger partial charge on any atom is -0.289 e. The monoisotopic (exact) mass is 137 g/mol. The van der Waals surface area contributed by atoms with Crippen LogP contribution in [-0.4, -0.2) is 12.3 Å². The van der Waals surface area contributed by atoms with Crippen LogP contribution in [0.3, 0.4) is 0 Å². The van der Waals surface area contributed by atoms with Gasteiger partial charge in [-0.3, -0.25) is 4.99 Å². The van der Waals surface area contributed by atoms with E-state index in [0.717, 1.165) is 13.0 Å². The van der Waals surface area contributed by atoms with Gasteiger partial charge in [-0.05, 0) is 0 Å². The van der Waals surface area contributed by atoms with Gasteiger partial charge in [0.1, 0.15) is 0 Å². The first-order chi connectivity index (χ1) is 4.61. The Labute approximate surface area is 62.9 Å². The van der Waals surface area contributed by atoms with Gasteiger partial charge in [-0.1, -0.05) is 32.9 Å². The third kappa shape index (κ3) is 1.69. The zero-order valence-electron chi connectivity index (χ0n) is 7.02. The Balaban J connectivity index is 2.65. The van der Waals surface area contributed by atoms with E-state index in [1.165, 1.54) is 5.71 Å². The Bertz CT molecular complexity index is 170. The molecule has 1 heteroatoms. The van der Waals surface area contributed by atoms with E-state index in [4.69, 9.17) is 0 Å². The minimum absolute atomic E-state index is 0.269. The Morgan fingerprint density at radius 2 is 2.00 bits per heavy atom. The number of hydrogen-bond donors (Lipinski definition) is 0. The second-order valence-electron chi connectivity index (χ2n) is 3.71. The second-order valence-corrected chi connectivity index (χ2v) is 3.71. The zero-order chi connectivity index (χ0) is 7.61. The highest BCUT2D eigenvalue weighted by molar-refractivity contribution is 5.91. The minimum atomic E-state index is 0.269. The standard InChI is InChI=1S/C9H15N/c1-9(2,3)8-6-4-5-7-10-8/h4-5H,6-7H2,1-3H3. The summed E-state index contributed by atoms with van der Waals surface area (Å²) in [7, 11) is 0. The molecule has 0 amide bonds. The first kappa shape index (κ1) is 7.52. The summed E-state index contributed by atoms with van der Waals surface area (Å²) in [5.74, 6) is 0. The molecule has 0 aliphatic carbocycles. The molecule has 0 saturated heterocycles. The molecule has 0 saturated carbocycles. The lowest BCUT2D eigenvalue weighted by molar-refractivity contribution is 0.579. The summed E-state index contributed by atoms with van der Waals surface area (Å²) in [5.41, 5.74) is 1.60. The Kier molecular flexibility index (Phi) is 1.93. The predicted molar refractivity (Wildman–Crippen MR) is 45.5 cm³/mol. The molecule has 1 rings (SSSR count). The largest absolute Gasteiger partial charge is 0.289 e. The number of allylic oxidation sites excluding steroid dienone is 1. The fourth-order valence-electron chi connectivity index (χ4n) is 1.04. The molecule has 0 bridgehead atoms. The maximum Gasteiger partial charge on any atom is 0.0570 e. The fraction of sp³-hybridized carbons (Fsp3) is 0.667. The predicted octanol–water partition coefficient (Wildman–Crippen LogP) is 2.43. The van der Waals surface area contributed by atoms with Crippen molar-refractivity contribution in [2.75, 3.05) is 6.54 Å². The molecule has 0 unspecified atom stereocenters. The SMILES string of the molecule is CC(C)(C)C1=NCC=CC1. The number of rotatable bonds is 0. The molecule has 0 aromatic rings. The highest BCUT2D eigenvalue weighted by Crippen LogP contribution is 2.20. The molecule has 0 atom stereocenters. The van der Waals surface area contributed by atoms with Gasteiger partial charge in [0.2, 0.25) is 0 Å². The molecular formula is C9H15N. The van der Waals surface area contributed by atoms with Crippen LogP contribution >= 0.6 is 0 Å². The number of nitrogens with zero attached hydrogens (tertiary/aromatic N) is 1. The molecule has 56 valence electrons. The van der Waals surface area contributed by atoms with Gasteiger partial charge in [0.05, 0.1) is 6.54 Å². The van der Waals surface area contributed by atoms with Crippen molar-refractivity contribution >= 4 is 5.71 Å². The van der Waals surface area contributed by atoms with E-state index in [1.807, 2.05) is 0 Å². The lowest BCUT2D eigenvalue weighted by atomic mass is 9.87. The molecule has 1 aliphatic heterocycles. The van der Waals surface area contributed by atoms with E-state index in [2.05, 4.69) is 37.9 Å². The topological polar surface area (TPSA) is 12.4 Å². The molecule has 1 heterocycles. The third-order valence-corrected chi connectivity index (χ3v) is 1.73. The van der Waals surface area contributed by atoms with E-state index in [-0.39, 0.29) is 5.41 Å². The van der Waals surface area contributed by atoms with Crippen LogP contribution < -0.4 is 0 Å².